The first-order valence-electron chi connectivity index (χ1n) is 6.25. The topological polar surface area (TPSA) is 84.1 Å². The van der Waals surface area contributed by atoms with Crippen molar-refractivity contribution in [2.45, 2.75) is 12.8 Å². The SMILES string of the molecule is O=C(C[C@@H]1COC(=O)C1)Nc1cc(-c2cccs2)[nH]n1. The fraction of sp³-hybridized carbons (Fsp3) is 0.308. The molecular weight excluding hydrogens is 278 g/mol. The molecule has 1 saturated heterocycles. The average Bonchev–Trinajstić information content (AvgIpc) is 3.10. The van der Waals surface area contributed by atoms with Crippen molar-refractivity contribution in [2.75, 3.05) is 11.9 Å². The van der Waals surface area contributed by atoms with E-state index >= 15 is 0 Å². The van der Waals surface area contributed by atoms with Gasteiger partial charge in [0.1, 0.15) is 0 Å². The van der Waals surface area contributed by atoms with Crippen LogP contribution in [0.4, 0.5) is 5.82 Å². The quantitative estimate of drug-likeness (QED) is 0.844. The van der Waals surface area contributed by atoms with Gasteiger partial charge in [0.05, 0.1) is 23.6 Å². The third-order valence-corrected chi connectivity index (χ3v) is 3.94. The zero-order valence-corrected chi connectivity index (χ0v) is 11.4. The summed E-state index contributed by atoms with van der Waals surface area (Å²) in [6.45, 7) is 0.327. The van der Waals surface area contributed by atoms with Crippen molar-refractivity contribution in [2.24, 2.45) is 5.92 Å². The number of nitrogens with one attached hydrogen (secondary N) is 2. The number of cyclic esters (lactones) is 1. The van der Waals surface area contributed by atoms with Gasteiger partial charge in [-0.05, 0) is 11.4 Å². The Morgan fingerprint density at radius 2 is 2.50 bits per heavy atom. The first-order chi connectivity index (χ1) is 9.70. The molecule has 0 bridgehead atoms. The number of aromatic nitrogens is 2. The molecule has 0 saturated carbocycles. The second kappa shape index (κ2) is 5.46. The molecule has 104 valence electrons. The third kappa shape index (κ3) is 2.88. The average molecular weight is 291 g/mol. The minimum absolute atomic E-state index is 0.0294. The number of anilines is 1. The zero-order valence-electron chi connectivity index (χ0n) is 10.6. The van der Waals surface area contributed by atoms with Crippen LogP contribution in [0.1, 0.15) is 12.8 Å². The highest BCUT2D eigenvalue weighted by atomic mass is 32.1. The van der Waals surface area contributed by atoms with E-state index < -0.39 is 0 Å². The summed E-state index contributed by atoms with van der Waals surface area (Å²) >= 11 is 1.60. The van der Waals surface area contributed by atoms with E-state index in [2.05, 4.69) is 15.5 Å². The van der Waals surface area contributed by atoms with Crippen LogP contribution in [-0.4, -0.2) is 28.7 Å². The predicted molar refractivity (Wildman–Crippen MR) is 74.2 cm³/mol. The van der Waals surface area contributed by atoms with Gasteiger partial charge in [0, 0.05) is 18.4 Å². The molecule has 0 spiro atoms. The summed E-state index contributed by atoms with van der Waals surface area (Å²) in [5.41, 5.74) is 0.870. The van der Waals surface area contributed by atoms with Crippen molar-refractivity contribution in [1.29, 1.82) is 0 Å². The minimum Gasteiger partial charge on any atom is -0.465 e. The van der Waals surface area contributed by atoms with Gasteiger partial charge in [0.15, 0.2) is 5.82 Å². The molecule has 6 nitrogen and oxygen atoms in total. The Morgan fingerprint density at radius 1 is 1.60 bits per heavy atom. The van der Waals surface area contributed by atoms with Gasteiger partial charge in [-0.25, -0.2) is 0 Å². The Bertz CT molecular complexity index is 621. The van der Waals surface area contributed by atoms with E-state index in [9.17, 15) is 9.59 Å². The van der Waals surface area contributed by atoms with Crippen molar-refractivity contribution < 1.29 is 14.3 Å². The van der Waals surface area contributed by atoms with Crippen molar-refractivity contribution >= 4 is 29.0 Å². The van der Waals surface area contributed by atoms with Gasteiger partial charge in [0.25, 0.3) is 0 Å². The third-order valence-electron chi connectivity index (χ3n) is 3.04. The molecule has 1 atom stereocenters. The first-order valence-corrected chi connectivity index (χ1v) is 7.13. The number of carbonyl (C=O) groups is 2. The molecule has 2 N–H and O–H groups in total. The summed E-state index contributed by atoms with van der Waals surface area (Å²) < 4.78 is 4.83. The lowest BCUT2D eigenvalue weighted by atomic mass is 10.0. The second-order valence-electron chi connectivity index (χ2n) is 4.65. The fourth-order valence-electron chi connectivity index (χ4n) is 2.10. The molecule has 7 heteroatoms. The Balaban J connectivity index is 1.58. The number of hydrogen-bond acceptors (Lipinski definition) is 5. The highest BCUT2D eigenvalue weighted by Crippen LogP contribution is 2.24. The molecule has 3 heterocycles. The number of rotatable bonds is 4. The Morgan fingerprint density at radius 3 is 3.20 bits per heavy atom. The summed E-state index contributed by atoms with van der Waals surface area (Å²) in [7, 11) is 0. The number of aromatic amines is 1. The number of carbonyl (C=O) groups excluding carboxylic acids is 2. The van der Waals surface area contributed by atoms with Crippen molar-refractivity contribution in [3.05, 3.63) is 23.6 Å². The van der Waals surface area contributed by atoms with E-state index in [1.54, 1.807) is 17.4 Å². The molecule has 2 aromatic heterocycles. The molecule has 1 amide bonds. The Labute approximate surface area is 119 Å². The minimum atomic E-state index is -0.234. The number of H-pyrrole nitrogens is 1. The van der Waals surface area contributed by atoms with Crippen molar-refractivity contribution in [1.82, 2.24) is 10.2 Å². The lowest BCUT2D eigenvalue weighted by Crippen LogP contribution is -2.16. The molecule has 3 rings (SSSR count). The maximum Gasteiger partial charge on any atom is 0.306 e. The molecule has 0 unspecified atom stereocenters. The lowest BCUT2D eigenvalue weighted by Gasteiger charge is -2.04. The molecule has 1 aliphatic heterocycles. The lowest BCUT2D eigenvalue weighted by molar-refractivity contribution is -0.138. The summed E-state index contributed by atoms with van der Waals surface area (Å²) in [6, 6.07) is 5.72. The summed E-state index contributed by atoms with van der Waals surface area (Å²) in [5.74, 6) is 0.0712. The highest BCUT2D eigenvalue weighted by molar-refractivity contribution is 7.13. The number of thiophene rings is 1. The summed E-state index contributed by atoms with van der Waals surface area (Å²) in [5, 5.41) is 11.6. The Hall–Kier alpha value is -2.15. The largest absolute Gasteiger partial charge is 0.465 e. The number of nitrogens with zero attached hydrogens (tertiary/aromatic N) is 1. The van der Waals surface area contributed by atoms with Gasteiger partial charge in [-0.1, -0.05) is 6.07 Å². The van der Waals surface area contributed by atoms with E-state index in [1.807, 2.05) is 17.5 Å². The fourth-order valence-corrected chi connectivity index (χ4v) is 2.79. The van der Waals surface area contributed by atoms with Gasteiger partial charge in [-0.3, -0.25) is 14.7 Å². The summed E-state index contributed by atoms with van der Waals surface area (Å²) in [4.78, 5) is 23.9. The first kappa shape index (κ1) is 12.9. The smallest absolute Gasteiger partial charge is 0.306 e. The monoisotopic (exact) mass is 291 g/mol. The molecule has 1 fully saturated rings. The van der Waals surface area contributed by atoms with Crippen LogP contribution >= 0.6 is 11.3 Å². The second-order valence-corrected chi connectivity index (χ2v) is 5.60. The number of ether oxygens (including phenoxy) is 1. The molecular formula is C13H13N3O3S. The zero-order chi connectivity index (χ0) is 13.9. The van der Waals surface area contributed by atoms with Crippen LogP contribution in [0.15, 0.2) is 23.6 Å². The van der Waals surface area contributed by atoms with E-state index in [0.29, 0.717) is 18.8 Å². The Kier molecular flexibility index (Phi) is 3.51. The van der Waals surface area contributed by atoms with Gasteiger partial charge < -0.3 is 10.1 Å². The number of amides is 1. The van der Waals surface area contributed by atoms with Gasteiger partial charge in [0.2, 0.25) is 5.91 Å². The van der Waals surface area contributed by atoms with Crippen LogP contribution in [0.5, 0.6) is 0 Å². The van der Waals surface area contributed by atoms with Gasteiger partial charge >= 0.3 is 5.97 Å². The van der Waals surface area contributed by atoms with Gasteiger partial charge in [-0.2, -0.15) is 5.10 Å². The predicted octanol–water partition coefficient (Wildman–Crippen LogP) is 2.03. The van der Waals surface area contributed by atoms with Crippen LogP contribution in [0.25, 0.3) is 10.6 Å². The number of hydrogen-bond donors (Lipinski definition) is 2. The molecule has 0 aliphatic carbocycles. The van der Waals surface area contributed by atoms with Crippen molar-refractivity contribution in [3.63, 3.8) is 0 Å². The molecule has 0 aromatic carbocycles. The normalized spacial score (nSPS) is 18.0. The van der Waals surface area contributed by atoms with Crippen LogP contribution < -0.4 is 5.32 Å². The van der Waals surface area contributed by atoms with E-state index in [1.165, 1.54) is 0 Å². The van der Waals surface area contributed by atoms with Gasteiger partial charge in [-0.15, -0.1) is 11.3 Å². The number of esters is 1. The molecule has 0 radical (unpaired) electrons. The van der Waals surface area contributed by atoms with Crippen LogP contribution in [0.2, 0.25) is 0 Å². The molecule has 1 aliphatic rings. The van der Waals surface area contributed by atoms with Crippen molar-refractivity contribution in [3.8, 4) is 10.6 Å². The van der Waals surface area contributed by atoms with E-state index in [0.717, 1.165) is 10.6 Å². The van der Waals surface area contributed by atoms with E-state index in [4.69, 9.17) is 4.74 Å². The van der Waals surface area contributed by atoms with Crippen LogP contribution in [0.3, 0.4) is 0 Å². The molecule has 20 heavy (non-hydrogen) atoms. The van der Waals surface area contributed by atoms with E-state index in [-0.39, 0.29) is 24.2 Å². The maximum atomic E-state index is 11.8. The standard InChI is InChI=1S/C13H13N3O3S/c17-12(4-8-5-13(18)19-7-8)14-11-6-9(15-16-11)10-2-1-3-20-10/h1-3,6,8H,4-5,7H2,(H2,14,15,16,17)/t8-/m0/s1. The highest BCUT2D eigenvalue weighted by Gasteiger charge is 2.26. The summed E-state index contributed by atoms with van der Waals surface area (Å²) in [6.07, 6.45) is 0.585. The van der Waals surface area contributed by atoms with Crippen LogP contribution in [-0.2, 0) is 14.3 Å². The van der Waals surface area contributed by atoms with Crippen LogP contribution in [0, 0.1) is 5.92 Å². The molecule has 2 aromatic rings. The maximum absolute atomic E-state index is 11.8.